The lowest BCUT2D eigenvalue weighted by molar-refractivity contribution is 0.401. The van der Waals surface area contributed by atoms with Gasteiger partial charge in [-0.1, -0.05) is 43.0 Å². The highest BCUT2D eigenvalue weighted by Crippen LogP contribution is 2.42. The molecule has 8 heteroatoms. The summed E-state index contributed by atoms with van der Waals surface area (Å²) in [5.74, 6) is 1.35. The molecule has 1 aliphatic rings. The summed E-state index contributed by atoms with van der Waals surface area (Å²) in [6.45, 7) is 7.22. The molecule has 1 aliphatic carbocycles. The van der Waals surface area contributed by atoms with E-state index < -0.39 is 0 Å². The molecule has 1 aromatic heterocycles. The minimum absolute atomic E-state index is 0.0815. The molecule has 1 heterocycles. The lowest BCUT2D eigenvalue weighted by Crippen LogP contribution is -2.31. The topological polar surface area (TPSA) is 67.5 Å². The monoisotopic (exact) mass is 587 g/mol. The summed E-state index contributed by atoms with van der Waals surface area (Å²) < 4.78 is 27.7. The predicted molar refractivity (Wildman–Crippen MR) is 168 cm³/mol. The number of nitrogens with zero attached hydrogens (tertiary/aromatic N) is 2. The summed E-state index contributed by atoms with van der Waals surface area (Å²) in [5.41, 5.74) is 6.82. The largest absolute Gasteiger partial charge is 0.497 e. The van der Waals surface area contributed by atoms with Gasteiger partial charge in [0.25, 0.3) is 5.56 Å². The summed E-state index contributed by atoms with van der Waals surface area (Å²) in [6.07, 6.45) is 3.00. The molecule has 2 atom stereocenters. The van der Waals surface area contributed by atoms with E-state index in [4.69, 9.17) is 14.5 Å². The zero-order valence-electron chi connectivity index (χ0n) is 25.1. The Morgan fingerprint density at radius 3 is 2.07 bits per heavy atom. The standard InChI is InChI=1S/C34H38FN3O3S/c1-20-16-30(38(18-23-7-11-25(40-4)12-8-23)19-24-9-13-26(41-5)14-10-24)32(35)31(22(20)3)27-17-29-28(15-21(27)2)33(39)37-34(36-29)42-6/h7-14,16,21,27H,15,17-19H2,1-6H3,(H,36,37,39). The van der Waals surface area contributed by atoms with Crippen LogP contribution in [0, 0.1) is 25.6 Å². The van der Waals surface area contributed by atoms with Crippen LogP contribution in [0.4, 0.5) is 10.1 Å². The van der Waals surface area contributed by atoms with Crippen molar-refractivity contribution in [1.82, 2.24) is 9.97 Å². The van der Waals surface area contributed by atoms with Crippen molar-refractivity contribution in [2.45, 2.75) is 57.8 Å². The third-order valence-electron chi connectivity index (χ3n) is 8.49. The molecule has 1 N–H and O–H groups in total. The van der Waals surface area contributed by atoms with Gasteiger partial charge in [0.1, 0.15) is 17.3 Å². The van der Waals surface area contributed by atoms with Crippen molar-refractivity contribution in [1.29, 1.82) is 0 Å². The second kappa shape index (κ2) is 12.6. The Bertz CT molecular complexity index is 1570. The maximum absolute atomic E-state index is 17.0. The number of hydrogen-bond acceptors (Lipinski definition) is 6. The van der Waals surface area contributed by atoms with Crippen LogP contribution in [0.25, 0.3) is 0 Å². The minimum Gasteiger partial charge on any atom is -0.497 e. The number of benzene rings is 3. The van der Waals surface area contributed by atoms with Gasteiger partial charge >= 0.3 is 0 Å². The smallest absolute Gasteiger partial charge is 0.254 e. The van der Waals surface area contributed by atoms with E-state index in [1.54, 1.807) is 14.2 Å². The fourth-order valence-electron chi connectivity index (χ4n) is 5.95. The molecule has 0 saturated carbocycles. The number of rotatable bonds is 9. The minimum atomic E-state index is -0.199. The molecule has 0 radical (unpaired) electrons. The first-order chi connectivity index (χ1) is 20.2. The van der Waals surface area contributed by atoms with Crippen molar-refractivity contribution in [3.05, 3.63) is 110 Å². The van der Waals surface area contributed by atoms with E-state index >= 15 is 4.39 Å². The van der Waals surface area contributed by atoms with E-state index in [1.165, 1.54) is 11.8 Å². The number of anilines is 1. The Balaban J connectivity index is 1.58. The zero-order valence-corrected chi connectivity index (χ0v) is 25.9. The number of aromatic amines is 1. The van der Waals surface area contributed by atoms with Crippen LogP contribution in [0.2, 0.25) is 0 Å². The summed E-state index contributed by atoms with van der Waals surface area (Å²) >= 11 is 1.41. The molecular formula is C34H38FN3O3S. The van der Waals surface area contributed by atoms with Gasteiger partial charge in [-0.2, -0.15) is 0 Å². The van der Waals surface area contributed by atoms with Crippen molar-refractivity contribution in [3.8, 4) is 11.5 Å². The van der Waals surface area contributed by atoms with Crippen LogP contribution in [0.1, 0.15) is 51.9 Å². The predicted octanol–water partition coefficient (Wildman–Crippen LogP) is 6.99. The molecule has 5 rings (SSSR count). The Hall–Kier alpha value is -3.78. The number of hydrogen-bond donors (Lipinski definition) is 1. The fourth-order valence-corrected chi connectivity index (χ4v) is 6.35. The maximum atomic E-state index is 17.0. The van der Waals surface area contributed by atoms with Crippen molar-refractivity contribution >= 4 is 17.4 Å². The number of halogens is 1. The Kier molecular flexibility index (Phi) is 8.92. The lowest BCUT2D eigenvalue weighted by atomic mass is 9.73. The van der Waals surface area contributed by atoms with E-state index in [-0.39, 0.29) is 23.2 Å². The molecule has 0 bridgehead atoms. The van der Waals surface area contributed by atoms with Crippen molar-refractivity contribution in [3.63, 3.8) is 0 Å². The number of ether oxygens (including phenoxy) is 2. The fraction of sp³-hybridized carbons (Fsp3) is 0.353. The van der Waals surface area contributed by atoms with E-state index in [9.17, 15) is 4.79 Å². The molecule has 3 aromatic carbocycles. The number of aromatic nitrogens is 2. The molecule has 0 amide bonds. The number of fused-ring (bicyclic) bond motifs is 1. The number of aryl methyl sites for hydroxylation is 1. The second-order valence-corrected chi connectivity index (χ2v) is 11.9. The third-order valence-corrected chi connectivity index (χ3v) is 9.07. The van der Waals surface area contributed by atoms with Gasteiger partial charge in [-0.05, 0) is 103 Å². The van der Waals surface area contributed by atoms with Gasteiger partial charge in [-0.25, -0.2) is 9.37 Å². The van der Waals surface area contributed by atoms with Crippen LogP contribution < -0.4 is 19.9 Å². The summed E-state index contributed by atoms with van der Waals surface area (Å²) in [4.78, 5) is 22.5. The average molecular weight is 588 g/mol. The summed E-state index contributed by atoms with van der Waals surface area (Å²) in [6, 6.07) is 17.8. The third kappa shape index (κ3) is 6.04. The molecule has 4 aromatic rings. The van der Waals surface area contributed by atoms with Crippen LogP contribution in [-0.4, -0.2) is 30.4 Å². The Labute approximate surface area is 251 Å². The highest BCUT2D eigenvalue weighted by Gasteiger charge is 2.34. The molecule has 0 spiro atoms. The first-order valence-electron chi connectivity index (χ1n) is 14.2. The normalized spacial score (nSPS) is 16.2. The summed E-state index contributed by atoms with van der Waals surface area (Å²) in [7, 11) is 3.30. The first-order valence-corrected chi connectivity index (χ1v) is 15.4. The quantitative estimate of drug-likeness (QED) is 0.168. The van der Waals surface area contributed by atoms with Crippen LogP contribution in [0.15, 0.2) is 64.5 Å². The van der Waals surface area contributed by atoms with Crippen LogP contribution in [-0.2, 0) is 25.9 Å². The average Bonchev–Trinajstić information content (AvgIpc) is 3.00. The molecule has 0 fully saturated rings. The van der Waals surface area contributed by atoms with E-state index in [0.717, 1.165) is 50.6 Å². The molecule has 0 saturated heterocycles. The van der Waals surface area contributed by atoms with Crippen LogP contribution in [0.5, 0.6) is 11.5 Å². The number of nitrogens with one attached hydrogen (secondary N) is 1. The highest BCUT2D eigenvalue weighted by molar-refractivity contribution is 7.98. The van der Waals surface area contributed by atoms with Gasteiger partial charge in [-0.3, -0.25) is 4.79 Å². The van der Waals surface area contributed by atoms with E-state index in [2.05, 4.69) is 23.7 Å². The molecule has 0 aliphatic heterocycles. The van der Waals surface area contributed by atoms with Gasteiger partial charge in [0.2, 0.25) is 0 Å². The summed E-state index contributed by atoms with van der Waals surface area (Å²) in [5, 5.41) is 0.597. The molecule has 42 heavy (non-hydrogen) atoms. The van der Waals surface area contributed by atoms with Crippen molar-refractivity contribution in [2.24, 2.45) is 5.92 Å². The van der Waals surface area contributed by atoms with Gasteiger partial charge < -0.3 is 19.4 Å². The molecule has 6 nitrogen and oxygen atoms in total. The first kappa shape index (κ1) is 29.7. The van der Waals surface area contributed by atoms with Crippen molar-refractivity contribution in [2.75, 3.05) is 25.4 Å². The van der Waals surface area contributed by atoms with Gasteiger partial charge in [0.15, 0.2) is 5.16 Å². The van der Waals surface area contributed by atoms with Crippen molar-refractivity contribution < 1.29 is 13.9 Å². The highest BCUT2D eigenvalue weighted by atomic mass is 32.2. The lowest BCUT2D eigenvalue weighted by Gasteiger charge is -2.34. The number of H-pyrrole nitrogens is 1. The molecule has 220 valence electrons. The van der Waals surface area contributed by atoms with E-state index in [1.807, 2.05) is 67.8 Å². The van der Waals surface area contributed by atoms with Gasteiger partial charge in [0, 0.05) is 18.7 Å². The van der Waals surface area contributed by atoms with Gasteiger partial charge in [0.05, 0.1) is 25.6 Å². The van der Waals surface area contributed by atoms with Gasteiger partial charge in [-0.15, -0.1) is 0 Å². The van der Waals surface area contributed by atoms with Crippen LogP contribution >= 0.6 is 11.8 Å². The SMILES string of the molecule is COc1ccc(CN(Cc2ccc(OC)cc2)c2cc(C)c(C)c(C3Cc4nc(SC)[nH]c(=O)c4CC3C)c2F)cc1. The van der Waals surface area contributed by atoms with Crippen LogP contribution in [0.3, 0.4) is 0 Å². The second-order valence-electron chi connectivity index (χ2n) is 11.1. The maximum Gasteiger partial charge on any atom is 0.254 e. The Morgan fingerprint density at radius 2 is 1.55 bits per heavy atom. The molecule has 2 unspecified atom stereocenters. The van der Waals surface area contributed by atoms with E-state index in [0.29, 0.717) is 36.8 Å². The number of thioether (sulfide) groups is 1. The zero-order chi connectivity index (χ0) is 30.0. The molecular weight excluding hydrogens is 549 g/mol. The Morgan fingerprint density at radius 1 is 0.976 bits per heavy atom. The number of methoxy groups -OCH3 is 2.